The number of H-pyrrole nitrogens is 1. The van der Waals surface area contributed by atoms with E-state index in [0.29, 0.717) is 0 Å². The van der Waals surface area contributed by atoms with E-state index in [2.05, 4.69) is 16.4 Å². The Hall–Kier alpha value is -0.800. The van der Waals surface area contributed by atoms with Gasteiger partial charge in [-0.3, -0.25) is 0 Å². The Morgan fingerprint density at radius 3 is 2.92 bits per heavy atom. The van der Waals surface area contributed by atoms with Gasteiger partial charge in [-0.05, 0) is 31.5 Å². The molecule has 0 aliphatic carbocycles. The van der Waals surface area contributed by atoms with Crippen molar-refractivity contribution in [3.63, 3.8) is 0 Å². The van der Waals surface area contributed by atoms with Gasteiger partial charge in [-0.2, -0.15) is 0 Å². The van der Waals surface area contributed by atoms with Crippen molar-refractivity contribution in [1.29, 1.82) is 0 Å². The summed E-state index contributed by atoms with van der Waals surface area (Å²) in [5, 5.41) is 12.8. The molecule has 0 bridgehead atoms. The Balaban J connectivity index is 2.19. The number of aliphatic hydroxyl groups is 1. The lowest BCUT2D eigenvalue weighted by atomic mass is 10.1. The Bertz CT molecular complexity index is 269. The first-order chi connectivity index (χ1) is 5.77. The molecule has 1 aromatic rings. The van der Waals surface area contributed by atoms with Crippen molar-refractivity contribution in [3.05, 3.63) is 23.5 Å². The molecule has 1 aliphatic rings. The molecule has 66 valence electrons. The third-order valence-electron chi connectivity index (χ3n) is 2.40. The van der Waals surface area contributed by atoms with E-state index in [1.54, 1.807) is 0 Å². The molecule has 0 radical (unpaired) electrons. The molecular formula is C9H14N2O. The SMILES string of the molecule is Cc1cc(C2NCCC2O)c[nH]1. The molecule has 0 saturated carbocycles. The van der Waals surface area contributed by atoms with E-state index in [4.69, 9.17) is 0 Å². The second kappa shape index (κ2) is 2.92. The molecule has 3 nitrogen and oxygen atoms in total. The van der Waals surface area contributed by atoms with Crippen LogP contribution in [0.3, 0.4) is 0 Å². The molecule has 12 heavy (non-hydrogen) atoms. The summed E-state index contributed by atoms with van der Waals surface area (Å²) in [6, 6.07) is 2.21. The fourth-order valence-corrected chi connectivity index (χ4v) is 1.74. The Labute approximate surface area is 71.8 Å². The minimum absolute atomic E-state index is 0.134. The van der Waals surface area contributed by atoms with Crippen LogP contribution in [0.4, 0.5) is 0 Å². The second-order valence-corrected chi connectivity index (χ2v) is 3.40. The molecule has 0 aromatic carbocycles. The highest BCUT2D eigenvalue weighted by Crippen LogP contribution is 2.23. The minimum Gasteiger partial charge on any atom is -0.391 e. The molecule has 3 N–H and O–H groups in total. The van der Waals surface area contributed by atoms with Crippen molar-refractivity contribution >= 4 is 0 Å². The third kappa shape index (κ3) is 1.26. The summed E-state index contributed by atoms with van der Waals surface area (Å²) < 4.78 is 0. The van der Waals surface area contributed by atoms with Crippen LogP contribution >= 0.6 is 0 Å². The average Bonchev–Trinajstić information content (AvgIpc) is 2.58. The number of aromatic nitrogens is 1. The van der Waals surface area contributed by atoms with Crippen molar-refractivity contribution in [2.45, 2.75) is 25.5 Å². The van der Waals surface area contributed by atoms with E-state index < -0.39 is 0 Å². The molecule has 3 heteroatoms. The molecule has 1 aromatic heterocycles. The van der Waals surface area contributed by atoms with Gasteiger partial charge < -0.3 is 15.4 Å². The summed E-state index contributed by atoms with van der Waals surface area (Å²) in [6.45, 7) is 2.93. The summed E-state index contributed by atoms with van der Waals surface area (Å²) in [4.78, 5) is 3.11. The molecule has 0 amide bonds. The van der Waals surface area contributed by atoms with Crippen LogP contribution in [0.2, 0.25) is 0 Å². The number of nitrogens with one attached hydrogen (secondary N) is 2. The van der Waals surface area contributed by atoms with Gasteiger partial charge in [0.15, 0.2) is 0 Å². The monoisotopic (exact) mass is 166 g/mol. The third-order valence-corrected chi connectivity index (χ3v) is 2.40. The molecule has 1 fully saturated rings. The van der Waals surface area contributed by atoms with E-state index in [9.17, 15) is 5.11 Å². The minimum atomic E-state index is -0.222. The van der Waals surface area contributed by atoms with Gasteiger partial charge >= 0.3 is 0 Å². The summed E-state index contributed by atoms with van der Waals surface area (Å²) in [5.41, 5.74) is 2.31. The lowest BCUT2D eigenvalue weighted by Crippen LogP contribution is -2.20. The number of aryl methyl sites for hydroxylation is 1. The zero-order valence-electron chi connectivity index (χ0n) is 7.17. The lowest BCUT2D eigenvalue weighted by molar-refractivity contribution is 0.160. The topological polar surface area (TPSA) is 48.0 Å². The largest absolute Gasteiger partial charge is 0.391 e. The first kappa shape index (κ1) is 7.83. The van der Waals surface area contributed by atoms with Crippen LogP contribution in [0.1, 0.15) is 23.7 Å². The standard InChI is InChI=1S/C9H14N2O/c1-6-4-7(5-11-6)9-8(12)2-3-10-9/h4-5,8-12H,2-3H2,1H3. The molecule has 0 spiro atoms. The van der Waals surface area contributed by atoms with Gasteiger partial charge in [0.2, 0.25) is 0 Å². The molecule has 1 saturated heterocycles. The smallest absolute Gasteiger partial charge is 0.0747 e. The Morgan fingerprint density at radius 1 is 1.58 bits per heavy atom. The molecule has 2 heterocycles. The van der Waals surface area contributed by atoms with Crippen molar-refractivity contribution in [2.24, 2.45) is 0 Å². The van der Waals surface area contributed by atoms with Crippen LogP contribution in [0.25, 0.3) is 0 Å². The first-order valence-corrected chi connectivity index (χ1v) is 4.34. The van der Waals surface area contributed by atoms with Gasteiger partial charge in [0.1, 0.15) is 0 Å². The Morgan fingerprint density at radius 2 is 2.42 bits per heavy atom. The maximum absolute atomic E-state index is 9.58. The maximum Gasteiger partial charge on any atom is 0.0747 e. The number of aliphatic hydroxyl groups excluding tert-OH is 1. The highest BCUT2D eigenvalue weighted by atomic mass is 16.3. The van der Waals surface area contributed by atoms with Crippen LogP contribution in [0, 0.1) is 6.92 Å². The van der Waals surface area contributed by atoms with Gasteiger partial charge in [-0.15, -0.1) is 0 Å². The van der Waals surface area contributed by atoms with E-state index in [1.807, 2.05) is 13.1 Å². The van der Waals surface area contributed by atoms with Gasteiger partial charge in [0, 0.05) is 11.9 Å². The zero-order chi connectivity index (χ0) is 8.55. The number of rotatable bonds is 1. The van der Waals surface area contributed by atoms with Gasteiger partial charge in [0.25, 0.3) is 0 Å². The maximum atomic E-state index is 9.58. The van der Waals surface area contributed by atoms with E-state index in [0.717, 1.165) is 24.2 Å². The Kier molecular flexibility index (Phi) is 1.90. The van der Waals surface area contributed by atoms with E-state index in [-0.39, 0.29) is 12.1 Å². The zero-order valence-corrected chi connectivity index (χ0v) is 7.17. The van der Waals surface area contributed by atoms with Crippen LogP contribution in [-0.4, -0.2) is 22.7 Å². The normalized spacial score (nSPS) is 29.5. The van der Waals surface area contributed by atoms with E-state index in [1.165, 1.54) is 0 Å². The second-order valence-electron chi connectivity index (χ2n) is 3.40. The first-order valence-electron chi connectivity index (χ1n) is 4.34. The molecule has 2 atom stereocenters. The fraction of sp³-hybridized carbons (Fsp3) is 0.556. The van der Waals surface area contributed by atoms with Crippen LogP contribution in [0.5, 0.6) is 0 Å². The summed E-state index contributed by atoms with van der Waals surface area (Å²) in [5.74, 6) is 0. The predicted molar refractivity (Wildman–Crippen MR) is 46.9 cm³/mol. The highest BCUT2D eigenvalue weighted by molar-refractivity contribution is 5.21. The van der Waals surface area contributed by atoms with Crippen molar-refractivity contribution < 1.29 is 5.11 Å². The van der Waals surface area contributed by atoms with Crippen molar-refractivity contribution in [3.8, 4) is 0 Å². The van der Waals surface area contributed by atoms with E-state index >= 15 is 0 Å². The van der Waals surface area contributed by atoms with Gasteiger partial charge in [-0.25, -0.2) is 0 Å². The summed E-state index contributed by atoms with van der Waals surface area (Å²) >= 11 is 0. The highest BCUT2D eigenvalue weighted by Gasteiger charge is 2.26. The lowest BCUT2D eigenvalue weighted by Gasteiger charge is -2.12. The molecule has 1 aliphatic heterocycles. The molecule has 2 unspecified atom stereocenters. The molecule has 2 rings (SSSR count). The number of aromatic amines is 1. The summed E-state index contributed by atoms with van der Waals surface area (Å²) in [6.07, 6.45) is 2.59. The quantitative estimate of drug-likeness (QED) is 0.575. The van der Waals surface area contributed by atoms with Crippen LogP contribution in [0.15, 0.2) is 12.3 Å². The number of hydrogen-bond acceptors (Lipinski definition) is 2. The van der Waals surface area contributed by atoms with Crippen LogP contribution < -0.4 is 5.32 Å². The van der Waals surface area contributed by atoms with Crippen LogP contribution in [-0.2, 0) is 0 Å². The fourth-order valence-electron chi connectivity index (χ4n) is 1.74. The van der Waals surface area contributed by atoms with Gasteiger partial charge in [-0.1, -0.05) is 0 Å². The average molecular weight is 166 g/mol. The van der Waals surface area contributed by atoms with Crippen molar-refractivity contribution in [1.82, 2.24) is 10.3 Å². The number of hydrogen-bond donors (Lipinski definition) is 3. The van der Waals surface area contributed by atoms with Crippen molar-refractivity contribution in [2.75, 3.05) is 6.54 Å². The summed E-state index contributed by atoms with van der Waals surface area (Å²) in [7, 11) is 0. The van der Waals surface area contributed by atoms with Gasteiger partial charge in [0.05, 0.1) is 12.1 Å². The predicted octanol–water partition coefficient (Wildman–Crippen LogP) is 0.718. The molecular weight excluding hydrogens is 152 g/mol.